The molecule has 13 rings (SSSR count). The van der Waals surface area contributed by atoms with E-state index in [9.17, 15) is 0 Å². The molecule has 0 unspecified atom stereocenters. The van der Waals surface area contributed by atoms with Crippen LogP contribution in [-0.2, 0) is 0 Å². The van der Waals surface area contributed by atoms with E-state index in [1.807, 2.05) is 12.1 Å². The molecule has 0 amide bonds. The highest BCUT2D eigenvalue weighted by molar-refractivity contribution is 6.13. The Morgan fingerprint density at radius 1 is 0.242 bits per heavy atom. The Morgan fingerprint density at radius 2 is 0.636 bits per heavy atom. The van der Waals surface area contributed by atoms with Crippen LogP contribution in [0.25, 0.3) is 110 Å². The molecule has 0 saturated heterocycles. The van der Waals surface area contributed by atoms with Gasteiger partial charge in [0.2, 0.25) is 0 Å². The maximum absolute atomic E-state index is 6.35. The minimum atomic E-state index is 0.889. The maximum atomic E-state index is 6.35. The molecule has 0 fully saturated rings. The van der Waals surface area contributed by atoms with Crippen LogP contribution in [-0.4, -0.2) is 0 Å². The minimum Gasteiger partial charge on any atom is -0.456 e. The number of rotatable bonds is 7. The molecule has 0 N–H and O–H groups in total. The number of nitrogens with zero attached hydrogens (tertiary/aromatic N) is 1. The number of hydrogen-bond donors (Lipinski definition) is 0. The normalized spacial score (nSPS) is 11.6. The second-order valence-electron chi connectivity index (χ2n) is 17.3. The predicted molar refractivity (Wildman–Crippen MR) is 280 cm³/mol. The molecule has 0 saturated carbocycles. The van der Waals surface area contributed by atoms with Crippen molar-refractivity contribution < 1.29 is 4.42 Å². The third kappa shape index (κ3) is 6.50. The minimum absolute atomic E-state index is 0.889. The summed E-state index contributed by atoms with van der Waals surface area (Å²) in [5, 5.41) is 12.3. The summed E-state index contributed by atoms with van der Waals surface area (Å²) in [5.41, 5.74) is 14.3. The molecule has 0 bridgehead atoms. The van der Waals surface area contributed by atoms with Crippen LogP contribution in [0.1, 0.15) is 0 Å². The second kappa shape index (κ2) is 15.5. The summed E-state index contributed by atoms with van der Waals surface area (Å²) >= 11 is 0. The molecular formula is C64H41NO. The van der Waals surface area contributed by atoms with Crippen LogP contribution >= 0.6 is 0 Å². The van der Waals surface area contributed by atoms with Crippen LogP contribution in [0.4, 0.5) is 17.1 Å². The molecule has 12 aromatic carbocycles. The van der Waals surface area contributed by atoms with Gasteiger partial charge in [-0.3, -0.25) is 0 Å². The van der Waals surface area contributed by atoms with Gasteiger partial charge in [-0.2, -0.15) is 0 Å². The molecule has 0 aliphatic carbocycles. The summed E-state index contributed by atoms with van der Waals surface area (Å²) in [6.07, 6.45) is 0. The summed E-state index contributed by atoms with van der Waals surface area (Å²) in [4.78, 5) is 2.40. The number of para-hydroxylation sites is 1. The van der Waals surface area contributed by atoms with E-state index in [0.29, 0.717) is 0 Å². The second-order valence-corrected chi connectivity index (χ2v) is 17.3. The van der Waals surface area contributed by atoms with Gasteiger partial charge >= 0.3 is 0 Å². The molecule has 1 heterocycles. The first-order valence-corrected chi connectivity index (χ1v) is 22.6. The predicted octanol–water partition coefficient (Wildman–Crippen LogP) is 18.3. The SMILES string of the molecule is c1cc(-c2ccc(-c3ccc4ccc5ccccc5c4c3)cc2)cc(N(c2cccc(-c3ccc4ccc5ccccc5c4c3)c2)c2cccc(-c3cccc4oc5ccccc5c34)c2)c1. The summed E-state index contributed by atoms with van der Waals surface area (Å²) in [6.45, 7) is 0. The van der Waals surface area contributed by atoms with Gasteiger partial charge < -0.3 is 9.32 Å². The van der Waals surface area contributed by atoms with Gasteiger partial charge in [0.25, 0.3) is 0 Å². The molecule has 66 heavy (non-hydrogen) atoms. The molecule has 2 heteroatoms. The Labute approximate surface area is 382 Å². The molecular weight excluding hydrogens is 799 g/mol. The molecule has 0 atom stereocenters. The Morgan fingerprint density at radius 3 is 1.23 bits per heavy atom. The van der Waals surface area contributed by atoms with Crippen LogP contribution in [0.2, 0.25) is 0 Å². The van der Waals surface area contributed by atoms with E-state index >= 15 is 0 Å². The van der Waals surface area contributed by atoms with Gasteiger partial charge in [0.1, 0.15) is 11.2 Å². The molecule has 0 aliphatic heterocycles. The standard InChI is InChI=1S/C64H41NO/c1-3-19-56-44(11-1)29-31-46-33-35-50(40-60(46)56)43-27-25-42(26-28-43)48-13-7-16-53(37-48)65(55-18-9-15-52(39-55)58-22-10-24-63-64(58)59-21-5-6-23-62(59)66-63)54-17-8-14-49(38-54)51-36-34-47-32-30-45-12-2-4-20-57(45)61(47)41-51/h1-41H. The van der Waals surface area contributed by atoms with Crippen molar-refractivity contribution in [2.45, 2.75) is 0 Å². The lowest BCUT2D eigenvalue weighted by molar-refractivity contribution is 0.669. The fourth-order valence-corrected chi connectivity index (χ4v) is 10.1. The summed E-state index contributed by atoms with van der Waals surface area (Å²) in [7, 11) is 0. The van der Waals surface area contributed by atoms with Gasteiger partial charge in [0.05, 0.1) is 0 Å². The van der Waals surface area contributed by atoms with Crippen molar-refractivity contribution >= 4 is 82.1 Å². The van der Waals surface area contributed by atoms with E-state index in [1.165, 1.54) is 59.8 Å². The van der Waals surface area contributed by atoms with Crippen LogP contribution in [0.3, 0.4) is 0 Å². The van der Waals surface area contributed by atoms with Crippen LogP contribution in [0, 0.1) is 0 Å². The summed E-state index contributed by atoms with van der Waals surface area (Å²) < 4.78 is 6.35. The molecule has 2 nitrogen and oxygen atoms in total. The molecule has 0 radical (unpaired) electrons. The highest BCUT2D eigenvalue weighted by Gasteiger charge is 2.18. The zero-order chi connectivity index (χ0) is 43.6. The van der Waals surface area contributed by atoms with E-state index < -0.39 is 0 Å². The number of benzene rings is 12. The Hall–Kier alpha value is -8.72. The van der Waals surface area contributed by atoms with E-state index in [4.69, 9.17) is 4.42 Å². The third-order valence-corrected chi connectivity index (χ3v) is 13.4. The summed E-state index contributed by atoms with van der Waals surface area (Å²) in [6, 6.07) is 90.4. The first-order valence-electron chi connectivity index (χ1n) is 22.6. The average molecular weight is 840 g/mol. The van der Waals surface area contributed by atoms with Gasteiger partial charge in [-0.1, -0.05) is 188 Å². The van der Waals surface area contributed by atoms with E-state index in [1.54, 1.807) is 0 Å². The Kier molecular flexibility index (Phi) is 8.89. The fourth-order valence-electron chi connectivity index (χ4n) is 10.1. The topological polar surface area (TPSA) is 16.4 Å². The van der Waals surface area contributed by atoms with Gasteiger partial charge in [-0.05, 0) is 148 Å². The van der Waals surface area contributed by atoms with Crippen molar-refractivity contribution in [3.8, 4) is 44.5 Å². The fraction of sp³-hybridized carbons (Fsp3) is 0. The number of anilines is 3. The van der Waals surface area contributed by atoms with Gasteiger partial charge in [-0.15, -0.1) is 0 Å². The first kappa shape index (κ1) is 37.8. The van der Waals surface area contributed by atoms with Crippen molar-refractivity contribution in [2.24, 2.45) is 0 Å². The van der Waals surface area contributed by atoms with Gasteiger partial charge in [0.15, 0.2) is 0 Å². The van der Waals surface area contributed by atoms with Gasteiger partial charge in [0, 0.05) is 27.8 Å². The molecule has 0 spiro atoms. The van der Waals surface area contributed by atoms with E-state index in [0.717, 1.165) is 66.8 Å². The molecule has 308 valence electrons. The lowest BCUT2D eigenvalue weighted by atomic mass is 9.95. The van der Waals surface area contributed by atoms with E-state index in [-0.39, 0.29) is 0 Å². The van der Waals surface area contributed by atoms with Crippen LogP contribution in [0.15, 0.2) is 253 Å². The highest BCUT2D eigenvalue weighted by Crippen LogP contribution is 2.43. The highest BCUT2D eigenvalue weighted by atomic mass is 16.3. The van der Waals surface area contributed by atoms with Crippen molar-refractivity contribution in [1.29, 1.82) is 0 Å². The number of furan rings is 1. The Balaban J connectivity index is 0.925. The van der Waals surface area contributed by atoms with E-state index in [2.05, 4.69) is 241 Å². The number of hydrogen-bond acceptors (Lipinski definition) is 2. The quantitative estimate of drug-likeness (QED) is 0.149. The third-order valence-electron chi connectivity index (χ3n) is 13.4. The molecule has 13 aromatic rings. The summed E-state index contributed by atoms with van der Waals surface area (Å²) in [5.74, 6) is 0. The van der Waals surface area contributed by atoms with Crippen LogP contribution in [0.5, 0.6) is 0 Å². The maximum Gasteiger partial charge on any atom is 0.136 e. The Bertz CT molecular complexity index is 4010. The van der Waals surface area contributed by atoms with Crippen molar-refractivity contribution in [3.63, 3.8) is 0 Å². The van der Waals surface area contributed by atoms with Crippen molar-refractivity contribution in [2.75, 3.05) is 4.90 Å². The van der Waals surface area contributed by atoms with Gasteiger partial charge in [-0.25, -0.2) is 0 Å². The lowest BCUT2D eigenvalue weighted by Crippen LogP contribution is -2.10. The molecule has 1 aromatic heterocycles. The lowest BCUT2D eigenvalue weighted by Gasteiger charge is -2.27. The monoisotopic (exact) mass is 839 g/mol. The largest absolute Gasteiger partial charge is 0.456 e. The van der Waals surface area contributed by atoms with Crippen molar-refractivity contribution in [1.82, 2.24) is 0 Å². The average Bonchev–Trinajstić information content (AvgIpc) is 3.78. The van der Waals surface area contributed by atoms with Crippen molar-refractivity contribution in [3.05, 3.63) is 249 Å². The number of fused-ring (bicyclic) bond motifs is 9. The molecule has 0 aliphatic rings. The first-order chi connectivity index (χ1) is 32.7. The smallest absolute Gasteiger partial charge is 0.136 e. The zero-order valence-corrected chi connectivity index (χ0v) is 36.0. The zero-order valence-electron chi connectivity index (χ0n) is 36.0. The van der Waals surface area contributed by atoms with Crippen LogP contribution < -0.4 is 4.90 Å².